The highest BCUT2D eigenvalue weighted by atomic mass is 79.9. The van der Waals surface area contributed by atoms with Crippen molar-refractivity contribution in [3.05, 3.63) is 22.2 Å². The van der Waals surface area contributed by atoms with Crippen molar-refractivity contribution in [3.8, 4) is 11.5 Å². The zero-order chi connectivity index (χ0) is 11.4. The van der Waals surface area contributed by atoms with Gasteiger partial charge in [0.1, 0.15) is 11.5 Å². The van der Waals surface area contributed by atoms with Crippen molar-refractivity contribution in [2.24, 2.45) is 5.73 Å². The maximum Gasteiger partial charge on any atom is 0.128 e. The Bertz CT molecular complexity index is 342. The quantitative estimate of drug-likeness (QED) is 0.918. The topological polar surface area (TPSA) is 44.5 Å². The minimum atomic E-state index is -0.0276. The van der Waals surface area contributed by atoms with Crippen LogP contribution in [0.15, 0.2) is 16.6 Å². The Balaban J connectivity index is 3.24. The second kappa shape index (κ2) is 5.37. The lowest BCUT2D eigenvalue weighted by Crippen LogP contribution is -2.11. The lowest BCUT2D eigenvalue weighted by Gasteiger charge is -2.17. The standard InChI is InChI=1S/C11H16BrNO2/c1-4-9(13)11-8(12)5-7(14-2)6-10(11)15-3/h5-6,9H,4,13H2,1-3H3/t9-/m0/s1. The van der Waals surface area contributed by atoms with Gasteiger partial charge in [0.2, 0.25) is 0 Å². The summed E-state index contributed by atoms with van der Waals surface area (Å²) in [7, 11) is 3.26. The first kappa shape index (κ1) is 12.3. The normalized spacial score (nSPS) is 12.3. The minimum absolute atomic E-state index is 0.0276. The highest BCUT2D eigenvalue weighted by Crippen LogP contribution is 2.36. The molecule has 4 heteroatoms. The molecule has 0 fully saturated rings. The third-order valence-electron chi connectivity index (χ3n) is 2.33. The third kappa shape index (κ3) is 2.63. The summed E-state index contributed by atoms with van der Waals surface area (Å²) in [6, 6.07) is 3.71. The van der Waals surface area contributed by atoms with Gasteiger partial charge in [-0.3, -0.25) is 0 Å². The van der Waals surface area contributed by atoms with Gasteiger partial charge in [-0.1, -0.05) is 22.9 Å². The fourth-order valence-corrected chi connectivity index (χ4v) is 2.13. The average molecular weight is 274 g/mol. The number of methoxy groups -OCH3 is 2. The third-order valence-corrected chi connectivity index (χ3v) is 2.99. The SMILES string of the molecule is CC[C@H](N)c1c(Br)cc(OC)cc1OC. The molecule has 0 aromatic heterocycles. The second-order valence-electron chi connectivity index (χ2n) is 3.24. The maximum absolute atomic E-state index is 6.01. The minimum Gasteiger partial charge on any atom is -0.497 e. The van der Waals surface area contributed by atoms with Crippen LogP contribution < -0.4 is 15.2 Å². The average Bonchev–Trinajstić information content (AvgIpc) is 2.26. The summed E-state index contributed by atoms with van der Waals surface area (Å²) in [5, 5.41) is 0. The molecule has 0 aliphatic heterocycles. The van der Waals surface area contributed by atoms with E-state index in [0.717, 1.165) is 28.0 Å². The van der Waals surface area contributed by atoms with Crippen LogP contribution in [0.2, 0.25) is 0 Å². The van der Waals surface area contributed by atoms with Crippen LogP contribution in [-0.2, 0) is 0 Å². The molecule has 15 heavy (non-hydrogen) atoms. The molecule has 0 radical (unpaired) electrons. The van der Waals surface area contributed by atoms with E-state index in [2.05, 4.69) is 15.9 Å². The van der Waals surface area contributed by atoms with E-state index >= 15 is 0 Å². The smallest absolute Gasteiger partial charge is 0.128 e. The van der Waals surface area contributed by atoms with Crippen LogP contribution in [-0.4, -0.2) is 14.2 Å². The molecule has 84 valence electrons. The van der Waals surface area contributed by atoms with Crippen molar-refractivity contribution in [3.63, 3.8) is 0 Å². The van der Waals surface area contributed by atoms with Gasteiger partial charge in [0.25, 0.3) is 0 Å². The lowest BCUT2D eigenvalue weighted by molar-refractivity contribution is 0.387. The summed E-state index contributed by atoms with van der Waals surface area (Å²) in [6.07, 6.45) is 0.862. The van der Waals surface area contributed by atoms with Gasteiger partial charge in [0.05, 0.1) is 14.2 Å². The van der Waals surface area contributed by atoms with Crippen molar-refractivity contribution in [1.29, 1.82) is 0 Å². The Kier molecular flexibility index (Phi) is 4.42. The van der Waals surface area contributed by atoms with Crippen molar-refractivity contribution >= 4 is 15.9 Å². The molecule has 0 amide bonds. The molecule has 1 atom stereocenters. The van der Waals surface area contributed by atoms with Gasteiger partial charge >= 0.3 is 0 Å². The van der Waals surface area contributed by atoms with E-state index < -0.39 is 0 Å². The Morgan fingerprint density at radius 3 is 2.47 bits per heavy atom. The van der Waals surface area contributed by atoms with Crippen LogP contribution in [0.1, 0.15) is 24.9 Å². The largest absolute Gasteiger partial charge is 0.497 e. The highest BCUT2D eigenvalue weighted by molar-refractivity contribution is 9.10. The van der Waals surface area contributed by atoms with Crippen LogP contribution >= 0.6 is 15.9 Å². The van der Waals surface area contributed by atoms with E-state index in [4.69, 9.17) is 15.2 Å². The van der Waals surface area contributed by atoms with E-state index in [1.807, 2.05) is 19.1 Å². The summed E-state index contributed by atoms with van der Waals surface area (Å²) >= 11 is 3.48. The maximum atomic E-state index is 6.01. The molecule has 1 aromatic carbocycles. The predicted molar refractivity (Wildman–Crippen MR) is 64.5 cm³/mol. The fraction of sp³-hybridized carbons (Fsp3) is 0.455. The van der Waals surface area contributed by atoms with Gasteiger partial charge in [-0.05, 0) is 12.5 Å². The lowest BCUT2D eigenvalue weighted by atomic mass is 10.0. The van der Waals surface area contributed by atoms with E-state index in [1.54, 1.807) is 14.2 Å². The Labute approximate surface area is 98.7 Å². The number of rotatable bonds is 4. The monoisotopic (exact) mass is 273 g/mol. The summed E-state index contributed by atoms with van der Waals surface area (Å²) < 4.78 is 11.4. The van der Waals surface area contributed by atoms with Gasteiger partial charge in [-0.15, -0.1) is 0 Å². The Morgan fingerprint density at radius 1 is 1.33 bits per heavy atom. The number of hydrogen-bond acceptors (Lipinski definition) is 3. The van der Waals surface area contributed by atoms with Gasteiger partial charge in [-0.2, -0.15) is 0 Å². The molecule has 2 N–H and O–H groups in total. The molecule has 0 spiro atoms. The van der Waals surface area contributed by atoms with Crippen molar-refractivity contribution in [1.82, 2.24) is 0 Å². The van der Waals surface area contributed by atoms with Gasteiger partial charge in [-0.25, -0.2) is 0 Å². The van der Waals surface area contributed by atoms with Crippen molar-refractivity contribution in [2.45, 2.75) is 19.4 Å². The molecule has 0 unspecified atom stereocenters. The zero-order valence-electron chi connectivity index (χ0n) is 9.21. The first-order chi connectivity index (χ1) is 7.13. The number of hydrogen-bond donors (Lipinski definition) is 1. The highest BCUT2D eigenvalue weighted by Gasteiger charge is 2.15. The molecule has 0 bridgehead atoms. The van der Waals surface area contributed by atoms with Crippen LogP contribution in [0.3, 0.4) is 0 Å². The predicted octanol–water partition coefficient (Wildman–Crippen LogP) is 2.88. The first-order valence-corrected chi connectivity index (χ1v) is 5.60. The fourth-order valence-electron chi connectivity index (χ4n) is 1.42. The number of nitrogens with two attached hydrogens (primary N) is 1. The molecule has 0 saturated carbocycles. The van der Waals surface area contributed by atoms with E-state index in [-0.39, 0.29) is 6.04 Å². The zero-order valence-corrected chi connectivity index (χ0v) is 10.8. The number of halogens is 1. The molecule has 0 heterocycles. The summed E-state index contributed by atoms with van der Waals surface area (Å²) in [5.41, 5.74) is 7.00. The van der Waals surface area contributed by atoms with Crippen LogP contribution in [0.25, 0.3) is 0 Å². The number of benzene rings is 1. The van der Waals surface area contributed by atoms with Gasteiger partial charge in [0.15, 0.2) is 0 Å². The Hall–Kier alpha value is -0.740. The summed E-state index contributed by atoms with van der Waals surface area (Å²) in [4.78, 5) is 0. The second-order valence-corrected chi connectivity index (χ2v) is 4.09. The molecule has 0 aliphatic carbocycles. The first-order valence-electron chi connectivity index (χ1n) is 4.81. The molecular weight excluding hydrogens is 258 g/mol. The van der Waals surface area contributed by atoms with Crippen LogP contribution in [0, 0.1) is 0 Å². The molecule has 1 rings (SSSR count). The number of ether oxygens (including phenoxy) is 2. The van der Waals surface area contributed by atoms with Crippen molar-refractivity contribution in [2.75, 3.05) is 14.2 Å². The van der Waals surface area contributed by atoms with E-state index in [1.165, 1.54) is 0 Å². The Morgan fingerprint density at radius 2 is 2.00 bits per heavy atom. The van der Waals surface area contributed by atoms with Crippen LogP contribution in [0.5, 0.6) is 11.5 Å². The summed E-state index contributed by atoms with van der Waals surface area (Å²) in [5.74, 6) is 1.52. The molecular formula is C11H16BrNO2. The van der Waals surface area contributed by atoms with Crippen molar-refractivity contribution < 1.29 is 9.47 Å². The molecule has 0 saturated heterocycles. The van der Waals surface area contributed by atoms with Gasteiger partial charge in [0, 0.05) is 22.1 Å². The van der Waals surface area contributed by atoms with E-state index in [0.29, 0.717) is 0 Å². The van der Waals surface area contributed by atoms with E-state index in [9.17, 15) is 0 Å². The molecule has 1 aromatic rings. The van der Waals surface area contributed by atoms with Crippen LogP contribution in [0.4, 0.5) is 0 Å². The molecule has 3 nitrogen and oxygen atoms in total. The molecule has 0 aliphatic rings. The van der Waals surface area contributed by atoms with Gasteiger partial charge < -0.3 is 15.2 Å². The summed E-state index contributed by atoms with van der Waals surface area (Å²) in [6.45, 7) is 2.04.